The van der Waals surface area contributed by atoms with Gasteiger partial charge in [-0.15, -0.1) is 0 Å². The fourth-order valence-electron chi connectivity index (χ4n) is 3.77. The van der Waals surface area contributed by atoms with E-state index in [9.17, 15) is 0 Å². The molecule has 0 amide bonds. The van der Waals surface area contributed by atoms with Crippen LogP contribution in [0.3, 0.4) is 0 Å². The Kier molecular flexibility index (Phi) is 4.26. The maximum Gasteiger partial charge on any atom is 0.0241 e. The van der Waals surface area contributed by atoms with E-state index in [0.29, 0.717) is 12.0 Å². The first-order chi connectivity index (χ1) is 7.72. The lowest BCUT2D eigenvalue weighted by molar-refractivity contribution is 0.0444. The average molecular weight is 224 g/mol. The highest BCUT2D eigenvalue weighted by atomic mass is 15.2. The first kappa shape index (κ1) is 12.4. The fourth-order valence-corrected chi connectivity index (χ4v) is 3.77. The molecule has 0 aromatic heterocycles. The predicted octanol–water partition coefficient (Wildman–Crippen LogP) is 2.48. The molecule has 0 bridgehead atoms. The van der Waals surface area contributed by atoms with Crippen molar-refractivity contribution in [1.82, 2.24) is 4.90 Å². The van der Waals surface area contributed by atoms with Crippen LogP contribution in [0.15, 0.2) is 0 Å². The number of nitrogens with zero attached hydrogens (tertiary/aromatic N) is 1. The normalized spacial score (nSPS) is 33.8. The van der Waals surface area contributed by atoms with Crippen molar-refractivity contribution in [1.29, 1.82) is 0 Å². The van der Waals surface area contributed by atoms with E-state index in [1.165, 1.54) is 45.2 Å². The standard InChI is InChI=1S/C14H28N2/c1-11(2)14(9-15)16-8-7-12-5-3-4-6-13(12)10-16/h11-14H,3-10,15H2,1-2H3. The lowest BCUT2D eigenvalue weighted by Crippen LogP contribution is -2.51. The number of hydrogen-bond acceptors (Lipinski definition) is 2. The Balaban J connectivity index is 1.93. The van der Waals surface area contributed by atoms with Gasteiger partial charge >= 0.3 is 0 Å². The van der Waals surface area contributed by atoms with E-state index in [1.54, 1.807) is 0 Å². The lowest BCUT2D eigenvalue weighted by atomic mass is 9.74. The van der Waals surface area contributed by atoms with Crippen molar-refractivity contribution in [2.24, 2.45) is 23.5 Å². The maximum atomic E-state index is 5.93. The topological polar surface area (TPSA) is 29.3 Å². The van der Waals surface area contributed by atoms with Crippen LogP contribution in [0.5, 0.6) is 0 Å². The molecule has 0 radical (unpaired) electrons. The van der Waals surface area contributed by atoms with Crippen molar-refractivity contribution in [3.63, 3.8) is 0 Å². The third-order valence-electron chi connectivity index (χ3n) is 4.80. The van der Waals surface area contributed by atoms with E-state index in [1.807, 2.05) is 0 Å². The first-order valence-electron chi connectivity index (χ1n) is 7.16. The van der Waals surface area contributed by atoms with Gasteiger partial charge in [0, 0.05) is 19.1 Å². The molecule has 0 aromatic carbocycles. The van der Waals surface area contributed by atoms with Crippen LogP contribution in [-0.2, 0) is 0 Å². The lowest BCUT2D eigenvalue weighted by Gasteiger charge is -2.45. The number of rotatable bonds is 3. The van der Waals surface area contributed by atoms with Crippen molar-refractivity contribution in [3.05, 3.63) is 0 Å². The Hall–Kier alpha value is -0.0800. The molecule has 3 unspecified atom stereocenters. The number of hydrogen-bond donors (Lipinski definition) is 1. The Labute approximate surface area is 101 Å². The van der Waals surface area contributed by atoms with Gasteiger partial charge in [0.2, 0.25) is 0 Å². The van der Waals surface area contributed by atoms with Crippen LogP contribution in [0.4, 0.5) is 0 Å². The summed E-state index contributed by atoms with van der Waals surface area (Å²) in [6.45, 7) is 8.07. The summed E-state index contributed by atoms with van der Waals surface area (Å²) in [6.07, 6.45) is 7.33. The van der Waals surface area contributed by atoms with Crippen molar-refractivity contribution in [2.75, 3.05) is 19.6 Å². The van der Waals surface area contributed by atoms with Gasteiger partial charge < -0.3 is 5.73 Å². The Morgan fingerprint density at radius 3 is 2.44 bits per heavy atom. The number of likely N-dealkylation sites (tertiary alicyclic amines) is 1. The minimum absolute atomic E-state index is 0.614. The molecule has 0 spiro atoms. The molecule has 16 heavy (non-hydrogen) atoms. The third-order valence-corrected chi connectivity index (χ3v) is 4.80. The number of nitrogens with two attached hydrogens (primary N) is 1. The Morgan fingerprint density at radius 2 is 1.81 bits per heavy atom. The van der Waals surface area contributed by atoms with Crippen LogP contribution in [0.2, 0.25) is 0 Å². The van der Waals surface area contributed by atoms with Gasteiger partial charge in [0.1, 0.15) is 0 Å². The van der Waals surface area contributed by atoms with Gasteiger partial charge in [-0.05, 0) is 37.1 Å². The average Bonchev–Trinajstić information content (AvgIpc) is 2.29. The first-order valence-corrected chi connectivity index (χ1v) is 7.16. The van der Waals surface area contributed by atoms with E-state index >= 15 is 0 Å². The van der Waals surface area contributed by atoms with Crippen LogP contribution in [0.1, 0.15) is 46.0 Å². The Morgan fingerprint density at radius 1 is 1.12 bits per heavy atom. The highest BCUT2D eigenvalue weighted by molar-refractivity contribution is 4.87. The molecule has 1 saturated carbocycles. The largest absolute Gasteiger partial charge is 0.329 e. The van der Waals surface area contributed by atoms with Gasteiger partial charge in [0.15, 0.2) is 0 Å². The molecule has 1 saturated heterocycles. The minimum atomic E-state index is 0.614. The van der Waals surface area contributed by atoms with E-state index in [4.69, 9.17) is 5.73 Å². The van der Waals surface area contributed by atoms with Crippen molar-refractivity contribution in [3.8, 4) is 0 Å². The second-order valence-corrected chi connectivity index (χ2v) is 6.14. The van der Waals surface area contributed by atoms with Gasteiger partial charge in [0.25, 0.3) is 0 Å². The van der Waals surface area contributed by atoms with E-state index < -0.39 is 0 Å². The van der Waals surface area contributed by atoms with Crippen molar-refractivity contribution < 1.29 is 0 Å². The van der Waals surface area contributed by atoms with Crippen molar-refractivity contribution >= 4 is 0 Å². The van der Waals surface area contributed by atoms with Gasteiger partial charge in [-0.1, -0.05) is 33.1 Å². The third kappa shape index (κ3) is 2.60. The predicted molar refractivity (Wildman–Crippen MR) is 69.3 cm³/mol. The summed E-state index contributed by atoms with van der Waals surface area (Å²) in [6, 6.07) is 0.614. The highest BCUT2D eigenvalue weighted by Gasteiger charge is 2.33. The zero-order valence-corrected chi connectivity index (χ0v) is 11.0. The van der Waals surface area contributed by atoms with E-state index in [0.717, 1.165) is 18.4 Å². The summed E-state index contributed by atoms with van der Waals surface area (Å²) in [7, 11) is 0. The fraction of sp³-hybridized carbons (Fsp3) is 1.00. The second kappa shape index (κ2) is 5.50. The molecular weight excluding hydrogens is 196 g/mol. The van der Waals surface area contributed by atoms with Crippen molar-refractivity contribution in [2.45, 2.75) is 52.0 Å². The van der Waals surface area contributed by atoms with Crippen LogP contribution >= 0.6 is 0 Å². The Bertz CT molecular complexity index is 215. The van der Waals surface area contributed by atoms with E-state index in [-0.39, 0.29) is 0 Å². The second-order valence-electron chi connectivity index (χ2n) is 6.14. The summed E-state index contributed by atoms with van der Waals surface area (Å²) in [5, 5.41) is 0. The molecule has 1 aliphatic heterocycles. The summed E-state index contributed by atoms with van der Waals surface area (Å²) in [4.78, 5) is 2.68. The highest BCUT2D eigenvalue weighted by Crippen LogP contribution is 2.36. The van der Waals surface area contributed by atoms with Gasteiger partial charge in [-0.25, -0.2) is 0 Å². The molecule has 2 aliphatic rings. The maximum absolute atomic E-state index is 5.93. The van der Waals surface area contributed by atoms with Crippen LogP contribution in [0, 0.1) is 17.8 Å². The zero-order valence-electron chi connectivity index (χ0n) is 11.0. The van der Waals surface area contributed by atoms with Gasteiger partial charge in [-0.3, -0.25) is 4.90 Å². The van der Waals surface area contributed by atoms with Crippen LogP contribution in [-0.4, -0.2) is 30.6 Å². The number of piperidine rings is 1. The molecule has 2 fully saturated rings. The molecule has 2 nitrogen and oxygen atoms in total. The van der Waals surface area contributed by atoms with Gasteiger partial charge in [0.05, 0.1) is 0 Å². The van der Waals surface area contributed by atoms with E-state index in [2.05, 4.69) is 18.7 Å². The summed E-state index contributed by atoms with van der Waals surface area (Å²) in [5.41, 5.74) is 5.93. The van der Waals surface area contributed by atoms with Gasteiger partial charge in [-0.2, -0.15) is 0 Å². The van der Waals surface area contributed by atoms with Crippen LogP contribution in [0.25, 0.3) is 0 Å². The summed E-state index contributed by atoms with van der Waals surface area (Å²) < 4.78 is 0. The summed E-state index contributed by atoms with van der Waals surface area (Å²) >= 11 is 0. The van der Waals surface area contributed by atoms with Crippen LogP contribution < -0.4 is 5.73 Å². The monoisotopic (exact) mass is 224 g/mol. The molecule has 3 atom stereocenters. The molecule has 1 heterocycles. The zero-order chi connectivity index (χ0) is 11.5. The smallest absolute Gasteiger partial charge is 0.0241 e. The molecule has 2 rings (SSSR count). The number of fused-ring (bicyclic) bond motifs is 1. The molecule has 2 heteroatoms. The SMILES string of the molecule is CC(C)C(CN)N1CCC2CCCCC2C1. The summed E-state index contributed by atoms with van der Waals surface area (Å²) in [5.74, 6) is 2.72. The molecule has 2 N–H and O–H groups in total. The minimum Gasteiger partial charge on any atom is -0.329 e. The molecule has 1 aliphatic carbocycles. The molecule has 94 valence electrons. The quantitative estimate of drug-likeness (QED) is 0.798. The molecular formula is C14H28N2. The molecule has 0 aromatic rings.